The van der Waals surface area contributed by atoms with Crippen LogP contribution in [-0.4, -0.2) is 11.8 Å². The van der Waals surface area contributed by atoms with Crippen molar-refractivity contribution in [2.45, 2.75) is 32.2 Å². The fourth-order valence-corrected chi connectivity index (χ4v) is 3.09. The molecule has 0 heterocycles. The summed E-state index contributed by atoms with van der Waals surface area (Å²) < 4.78 is 25.9. The standard InChI is InChI=1S/C25H24F2N2O2/c26-21-10-4-18(5-11-21)8-14-24(30)28-17-20-2-1-3-23(16-20)29-25(31)15-9-19-6-12-22(27)13-7-19/h1-7,10-13,16H,8-9,14-15,17H2,(H,28,30)(H,29,31). The molecule has 0 spiro atoms. The van der Waals surface area contributed by atoms with Gasteiger partial charge in [0.15, 0.2) is 0 Å². The Morgan fingerprint density at radius 2 is 1.23 bits per heavy atom. The number of halogens is 2. The summed E-state index contributed by atoms with van der Waals surface area (Å²) in [5, 5.41) is 5.70. The van der Waals surface area contributed by atoms with Crippen LogP contribution in [0.2, 0.25) is 0 Å². The molecule has 3 aromatic carbocycles. The van der Waals surface area contributed by atoms with Crippen LogP contribution < -0.4 is 10.6 Å². The molecule has 0 aliphatic carbocycles. The number of hydrogen-bond donors (Lipinski definition) is 2. The van der Waals surface area contributed by atoms with Gasteiger partial charge >= 0.3 is 0 Å². The number of rotatable bonds is 9. The molecule has 0 saturated carbocycles. The molecular formula is C25H24F2N2O2. The van der Waals surface area contributed by atoms with E-state index in [4.69, 9.17) is 0 Å². The lowest BCUT2D eigenvalue weighted by molar-refractivity contribution is -0.121. The van der Waals surface area contributed by atoms with Gasteiger partial charge in [-0.25, -0.2) is 8.78 Å². The molecule has 0 saturated heterocycles. The SMILES string of the molecule is O=C(CCc1ccc(F)cc1)NCc1cccc(NC(=O)CCc2ccc(F)cc2)c1. The lowest BCUT2D eigenvalue weighted by Gasteiger charge is -2.09. The topological polar surface area (TPSA) is 58.2 Å². The minimum Gasteiger partial charge on any atom is -0.352 e. The fraction of sp³-hybridized carbons (Fsp3) is 0.200. The van der Waals surface area contributed by atoms with Crippen molar-refractivity contribution in [2.24, 2.45) is 0 Å². The number of carbonyl (C=O) groups excluding carboxylic acids is 2. The van der Waals surface area contributed by atoms with E-state index in [1.807, 2.05) is 18.2 Å². The van der Waals surface area contributed by atoms with Crippen LogP contribution in [0.3, 0.4) is 0 Å². The van der Waals surface area contributed by atoms with Crippen LogP contribution in [0.25, 0.3) is 0 Å². The molecule has 3 rings (SSSR count). The summed E-state index contributed by atoms with van der Waals surface area (Å²) in [6.45, 7) is 0.349. The van der Waals surface area contributed by atoms with Gasteiger partial charge in [-0.15, -0.1) is 0 Å². The molecule has 160 valence electrons. The largest absolute Gasteiger partial charge is 0.352 e. The van der Waals surface area contributed by atoms with Crippen molar-refractivity contribution < 1.29 is 18.4 Å². The van der Waals surface area contributed by atoms with E-state index >= 15 is 0 Å². The molecule has 0 aliphatic rings. The van der Waals surface area contributed by atoms with E-state index in [0.29, 0.717) is 31.5 Å². The van der Waals surface area contributed by atoms with Crippen molar-refractivity contribution >= 4 is 17.5 Å². The molecule has 2 N–H and O–H groups in total. The maximum atomic E-state index is 12.9. The molecule has 0 unspecified atom stereocenters. The molecule has 6 heteroatoms. The van der Waals surface area contributed by atoms with Gasteiger partial charge in [0, 0.05) is 25.1 Å². The van der Waals surface area contributed by atoms with Crippen LogP contribution in [0.1, 0.15) is 29.5 Å². The highest BCUT2D eigenvalue weighted by Crippen LogP contribution is 2.13. The smallest absolute Gasteiger partial charge is 0.224 e. The van der Waals surface area contributed by atoms with Crippen molar-refractivity contribution in [3.63, 3.8) is 0 Å². The first-order valence-electron chi connectivity index (χ1n) is 10.1. The number of nitrogens with one attached hydrogen (secondary N) is 2. The zero-order valence-electron chi connectivity index (χ0n) is 17.0. The molecule has 0 fully saturated rings. The van der Waals surface area contributed by atoms with Gasteiger partial charge in [-0.2, -0.15) is 0 Å². The van der Waals surface area contributed by atoms with Gasteiger partial charge in [0.2, 0.25) is 11.8 Å². The highest BCUT2D eigenvalue weighted by Gasteiger charge is 2.06. The summed E-state index contributed by atoms with van der Waals surface area (Å²) in [6, 6.07) is 19.5. The Bertz CT molecular complexity index is 1020. The lowest BCUT2D eigenvalue weighted by Crippen LogP contribution is -2.23. The van der Waals surface area contributed by atoms with Gasteiger partial charge < -0.3 is 10.6 Å². The average Bonchev–Trinajstić information content (AvgIpc) is 2.77. The molecule has 0 aliphatic heterocycles. The van der Waals surface area contributed by atoms with E-state index in [1.165, 1.54) is 24.3 Å². The second-order valence-electron chi connectivity index (χ2n) is 7.28. The zero-order valence-corrected chi connectivity index (χ0v) is 17.0. The van der Waals surface area contributed by atoms with Crippen LogP contribution in [0, 0.1) is 11.6 Å². The third-order valence-electron chi connectivity index (χ3n) is 4.81. The predicted octanol–water partition coefficient (Wildman–Crippen LogP) is 4.79. The zero-order chi connectivity index (χ0) is 22.1. The van der Waals surface area contributed by atoms with E-state index in [-0.39, 0.29) is 29.9 Å². The van der Waals surface area contributed by atoms with Crippen molar-refractivity contribution in [1.29, 1.82) is 0 Å². The molecule has 0 aromatic heterocycles. The van der Waals surface area contributed by atoms with Gasteiger partial charge in [-0.05, 0) is 65.9 Å². The van der Waals surface area contributed by atoms with Crippen molar-refractivity contribution in [3.05, 3.63) is 101 Å². The maximum Gasteiger partial charge on any atom is 0.224 e. The van der Waals surface area contributed by atoms with Crippen LogP contribution >= 0.6 is 0 Å². The first-order valence-corrected chi connectivity index (χ1v) is 10.1. The number of amides is 2. The highest BCUT2D eigenvalue weighted by molar-refractivity contribution is 5.90. The maximum absolute atomic E-state index is 12.9. The van der Waals surface area contributed by atoms with Crippen molar-refractivity contribution in [2.75, 3.05) is 5.32 Å². The summed E-state index contributed by atoms with van der Waals surface area (Å²) in [7, 11) is 0. The molecule has 4 nitrogen and oxygen atoms in total. The first-order chi connectivity index (χ1) is 15.0. The Kier molecular flexibility index (Phi) is 7.87. The predicted molar refractivity (Wildman–Crippen MR) is 116 cm³/mol. The monoisotopic (exact) mass is 422 g/mol. The van der Waals surface area contributed by atoms with E-state index in [2.05, 4.69) is 10.6 Å². The van der Waals surface area contributed by atoms with Crippen molar-refractivity contribution in [3.8, 4) is 0 Å². The molecular weight excluding hydrogens is 398 g/mol. The summed E-state index contributed by atoms with van der Waals surface area (Å²) >= 11 is 0. The van der Waals surface area contributed by atoms with Gasteiger partial charge in [0.1, 0.15) is 11.6 Å². The molecule has 0 radical (unpaired) electrons. The number of benzene rings is 3. The second kappa shape index (κ2) is 11.0. The lowest BCUT2D eigenvalue weighted by atomic mass is 10.1. The van der Waals surface area contributed by atoms with Gasteiger partial charge in [-0.1, -0.05) is 36.4 Å². The molecule has 0 atom stereocenters. The van der Waals surface area contributed by atoms with E-state index in [1.54, 1.807) is 30.3 Å². The highest BCUT2D eigenvalue weighted by atomic mass is 19.1. The number of aryl methyl sites for hydroxylation is 2. The Labute approximate surface area is 180 Å². The van der Waals surface area contributed by atoms with E-state index < -0.39 is 0 Å². The number of hydrogen-bond acceptors (Lipinski definition) is 2. The molecule has 31 heavy (non-hydrogen) atoms. The van der Waals surface area contributed by atoms with Gasteiger partial charge in [-0.3, -0.25) is 9.59 Å². The first kappa shape index (κ1) is 22.2. The third-order valence-corrected chi connectivity index (χ3v) is 4.81. The van der Waals surface area contributed by atoms with Crippen LogP contribution in [-0.2, 0) is 29.0 Å². The second-order valence-corrected chi connectivity index (χ2v) is 7.28. The summed E-state index contributed by atoms with van der Waals surface area (Å²) in [4.78, 5) is 24.3. The van der Waals surface area contributed by atoms with Crippen molar-refractivity contribution in [1.82, 2.24) is 5.32 Å². The summed E-state index contributed by atoms with van der Waals surface area (Å²) in [5.41, 5.74) is 3.32. The minimum atomic E-state index is -0.299. The van der Waals surface area contributed by atoms with Crippen LogP contribution in [0.15, 0.2) is 72.8 Å². The number of anilines is 1. The third kappa shape index (κ3) is 7.66. The minimum absolute atomic E-state index is 0.0990. The quantitative estimate of drug-likeness (QED) is 0.521. The fourth-order valence-electron chi connectivity index (χ4n) is 3.09. The van der Waals surface area contributed by atoms with Gasteiger partial charge in [0.05, 0.1) is 0 Å². The molecule has 2 amide bonds. The normalized spacial score (nSPS) is 10.5. The Morgan fingerprint density at radius 3 is 1.81 bits per heavy atom. The number of carbonyl (C=O) groups is 2. The Hall–Kier alpha value is -3.54. The van der Waals surface area contributed by atoms with Crippen LogP contribution in [0.5, 0.6) is 0 Å². The van der Waals surface area contributed by atoms with E-state index in [0.717, 1.165) is 16.7 Å². The van der Waals surface area contributed by atoms with Crippen LogP contribution in [0.4, 0.5) is 14.5 Å². The average molecular weight is 422 g/mol. The van der Waals surface area contributed by atoms with E-state index in [9.17, 15) is 18.4 Å². The molecule has 0 bridgehead atoms. The summed E-state index contributed by atoms with van der Waals surface area (Å²) in [6.07, 6.45) is 1.66. The molecule has 3 aromatic rings. The Balaban J connectivity index is 1.42. The van der Waals surface area contributed by atoms with Gasteiger partial charge in [0.25, 0.3) is 0 Å². The Morgan fingerprint density at radius 1 is 0.677 bits per heavy atom. The summed E-state index contributed by atoms with van der Waals surface area (Å²) in [5.74, 6) is -0.828.